The lowest BCUT2D eigenvalue weighted by Crippen LogP contribution is -1.90. The van der Waals surface area contributed by atoms with Gasteiger partial charge in [0.1, 0.15) is 0 Å². The van der Waals surface area contributed by atoms with Crippen molar-refractivity contribution < 1.29 is 10.5 Å². The van der Waals surface area contributed by atoms with Crippen LogP contribution in [-0.4, -0.2) is 5.26 Å². The first kappa shape index (κ1) is 7.03. The van der Waals surface area contributed by atoms with Crippen LogP contribution in [0.3, 0.4) is 0 Å². The van der Waals surface area contributed by atoms with Crippen LogP contribution in [0.1, 0.15) is 32.1 Å². The third-order valence-electron chi connectivity index (χ3n) is 2.63. The molecule has 2 nitrogen and oxygen atoms in total. The number of fused-ring (bicyclic) bond motifs is 2. The van der Waals surface area contributed by atoms with E-state index in [0.717, 1.165) is 0 Å². The zero-order chi connectivity index (χ0) is 6.69. The van der Waals surface area contributed by atoms with Gasteiger partial charge in [-0.15, -0.1) is 0 Å². The Morgan fingerprint density at radius 1 is 0.889 bits per heavy atom. The molecule has 1 radical (unpaired) electrons. The highest BCUT2D eigenvalue weighted by atomic mass is 17.0. The predicted octanol–water partition coefficient (Wildman–Crippen LogP) is 2.09. The molecule has 9 heavy (non-hydrogen) atoms. The summed E-state index contributed by atoms with van der Waals surface area (Å²) < 4.78 is 0. The van der Waals surface area contributed by atoms with Gasteiger partial charge in [-0.2, -0.15) is 0 Å². The van der Waals surface area contributed by atoms with Crippen molar-refractivity contribution in [2.24, 2.45) is 11.8 Å². The Bertz CT molecular complexity index is 65.0. The molecule has 0 aromatic carbocycles. The van der Waals surface area contributed by atoms with Gasteiger partial charge in [0.05, 0.1) is 0 Å². The van der Waals surface area contributed by atoms with Crippen molar-refractivity contribution in [1.29, 1.82) is 0 Å². The van der Waals surface area contributed by atoms with Crippen molar-refractivity contribution in [1.82, 2.24) is 0 Å². The Morgan fingerprint density at radius 3 is 1.33 bits per heavy atom. The monoisotopic (exact) mass is 129 g/mol. The largest absolute Gasteiger partial charge is 0.219 e. The summed E-state index contributed by atoms with van der Waals surface area (Å²) in [6.07, 6.45) is 7.82. The summed E-state index contributed by atoms with van der Waals surface area (Å²) >= 11 is 0. The van der Waals surface area contributed by atoms with Gasteiger partial charge in [0, 0.05) is 0 Å². The quantitative estimate of drug-likeness (QED) is 0.395. The smallest absolute Gasteiger partial charge is 0.0395 e. The highest BCUT2D eigenvalue weighted by molar-refractivity contribution is 4.82. The first-order valence-corrected chi connectivity index (χ1v) is 3.63. The number of hydrogen-bond acceptors (Lipinski definition) is 1. The average Bonchev–Trinajstić information content (AvgIpc) is 2.53. The van der Waals surface area contributed by atoms with Crippen LogP contribution in [0.5, 0.6) is 0 Å². The molecule has 0 atom stereocenters. The van der Waals surface area contributed by atoms with E-state index >= 15 is 0 Å². The molecule has 2 aliphatic carbocycles. The average molecular weight is 129 g/mol. The second-order valence-electron chi connectivity index (χ2n) is 3.12. The molecule has 0 aliphatic heterocycles. The van der Waals surface area contributed by atoms with Crippen molar-refractivity contribution in [3.8, 4) is 0 Å². The van der Waals surface area contributed by atoms with Crippen LogP contribution in [0.2, 0.25) is 0 Å². The summed E-state index contributed by atoms with van der Waals surface area (Å²) in [5.41, 5.74) is 0. The second kappa shape index (κ2) is 3.18. The van der Waals surface area contributed by atoms with Gasteiger partial charge < -0.3 is 0 Å². The van der Waals surface area contributed by atoms with Gasteiger partial charge in [0.15, 0.2) is 0 Å². The van der Waals surface area contributed by atoms with Gasteiger partial charge in [-0.1, -0.05) is 25.7 Å². The van der Waals surface area contributed by atoms with E-state index in [0.29, 0.717) is 0 Å². The summed E-state index contributed by atoms with van der Waals surface area (Å²) in [6, 6.07) is 0. The summed E-state index contributed by atoms with van der Waals surface area (Å²) in [7, 11) is 0. The van der Waals surface area contributed by atoms with Crippen LogP contribution >= 0.6 is 0 Å². The van der Waals surface area contributed by atoms with E-state index in [1.165, 1.54) is 11.8 Å². The van der Waals surface area contributed by atoms with Gasteiger partial charge >= 0.3 is 0 Å². The third kappa shape index (κ3) is 1.43. The van der Waals surface area contributed by atoms with Gasteiger partial charge in [0.2, 0.25) is 0 Å². The standard InChI is InChI=1S/C7H12.HO2/c1-2-7-4-3-6(1)5-7;1-2/h6-7H,1-5H2;1H. The molecule has 2 saturated carbocycles. The Balaban J connectivity index is 0.000000186. The second-order valence-corrected chi connectivity index (χ2v) is 3.12. The summed E-state index contributed by atoms with van der Waals surface area (Å²) in [5, 5.41) is 13.0. The van der Waals surface area contributed by atoms with Crippen LogP contribution in [0.25, 0.3) is 0 Å². The van der Waals surface area contributed by atoms with E-state index in [2.05, 4.69) is 0 Å². The molecule has 2 heteroatoms. The molecule has 0 spiro atoms. The summed E-state index contributed by atoms with van der Waals surface area (Å²) in [6.45, 7) is 0. The fourth-order valence-electron chi connectivity index (χ4n) is 2.17. The van der Waals surface area contributed by atoms with Crippen molar-refractivity contribution in [2.75, 3.05) is 0 Å². The van der Waals surface area contributed by atoms with Crippen molar-refractivity contribution in [2.45, 2.75) is 32.1 Å². The zero-order valence-electron chi connectivity index (χ0n) is 5.55. The first-order valence-electron chi connectivity index (χ1n) is 3.63. The number of hydrogen-bond donors (Lipinski definition) is 1. The summed E-state index contributed by atoms with van der Waals surface area (Å²) in [5.74, 6) is 2.34. The minimum Gasteiger partial charge on any atom is -0.219 e. The van der Waals surface area contributed by atoms with Gasteiger partial charge in [0.25, 0.3) is 0 Å². The van der Waals surface area contributed by atoms with Crippen LogP contribution in [-0.2, 0) is 5.26 Å². The fourth-order valence-corrected chi connectivity index (χ4v) is 2.17. The fraction of sp³-hybridized carbons (Fsp3) is 1.00. The highest BCUT2D eigenvalue weighted by Crippen LogP contribution is 2.43. The molecule has 0 saturated heterocycles. The molecule has 0 heterocycles. The van der Waals surface area contributed by atoms with Crippen molar-refractivity contribution in [3.05, 3.63) is 0 Å². The van der Waals surface area contributed by atoms with Crippen molar-refractivity contribution >= 4 is 0 Å². The van der Waals surface area contributed by atoms with Crippen molar-refractivity contribution in [3.63, 3.8) is 0 Å². The van der Waals surface area contributed by atoms with Gasteiger partial charge in [-0.05, 0) is 23.5 Å². The lowest BCUT2D eigenvalue weighted by atomic mass is 10.0. The molecule has 0 amide bonds. The van der Waals surface area contributed by atoms with Gasteiger partial charge in [-0.3, -0.25) is 0 Å². The van der Waals surface area contributed by atoms with Crippen LogP contribution < -0.4 is 0 Å². The van der Waals surface area contributed by atoms with Gasteiger partial charge in [-0.25, -0.2) is 5.26 Å². The molecule has 2 fully saturated rings. The Kier molecular flexibility index (Phi) is 2.49. The molecule has 0 unspecified atom stereocenters. The maximum absolute atomic E-state index is 7.25. The maximum atomic E-state index is 7.25. The molecular formula is C7H13O2. The van der Waals surface area contributed by atoms with E-state index in [9.17, 15) is 0 Å². The van der Waals surface area contributed by atoms with E-state index in [-0.39, 0.29) is 0 Å². The molecule has 2 bridgehead atoms. The van der Waals surface area contributed by atoms with Crippen LogP contribution in [0, 0.1) is 11.8 Å². The maximum Gasteiger partial charge on any atom is -0.0395 e. The van der Waals surface area contributed by atoms with E-state index in [4.69, 9.17) is 10.5 Å². The molecule has 1 N–H and O–H groups in total. The third-order valence-corrected chi connectivity index (χ3v) is 2.63. The lowest BCUT2D eigenvalue weighted by Gasteiger charge is -2.05. The minimum atomic E-state index is 1.17. The topological polar surface area (TPSA) is 40.1 Å². The lowest BCUT2D eigenvalue weighted by molar-refractivity contribution is -0.247. The van der Waals surface area contributed by atoms with Crippen LogP contribution in [0.4, 0.5) is 0 Å². The molecular weight excluding hydrogens is 116 g/mol. The SMILES string of the molecule is C1CC2CCC1C2.[O]O. The molecule has 53 valence electrons. The minimum absolute atomic E-state index is 1.17. The van der Waals surface area contributed by atoms with E-state index in [1.807, 2.05) is 0 Å². The van der Waals surface area contributed by atoms with Crippen LogP contribution in [0.15, 0.2) is 0 Å². The molecule has 2 aliphatic rings. The van der Waals surface area contributed by atoms with E-state index in [1.54, 1.807) is 32.1 Å². The Labute approximate surface area is 55.4 Å². The number of rotatable bonds is 0. The molecule has 2 rings (SSSR count). The Morgan fingerprint density at radius 2 is 1.22 bits per heavy atom. The normalized spacial score (nSPS) is 38.0. The zero-order valence-corrected chi connectivity index (χ0v) is 5.55. The summed E-state index contributed by atoms with van der Waals surface area (Å²) in [4.78, 5) is 0. The Hall–Kier alpha value is -0.0800. The predicted molar refractivity (Wildman–Crippen MR) is 33.4 cm³/mol. The first-order chi connectivity index (χ1) is 4.45. The van der Waals surface area contributed by atoms with E-state index < -0.39 is 0 Å². The molecule has 0 aromatic rings. The highest BCUT2D eigenvalue weighted by Gasteiger charge is 2.30. The molecule has 0 aromatic heterocycles.